The summed E-state index contributed by atoms with van der Waals surface area (Å²) >= 11 is 1.81. The third kappa shape index (κ3) is 0.563. The van der Waals surface area contributed by atoms with Crippen LogP contribution in [0.1, 0.15) is 0 Å². The Morgan fingerprint density at radius 3 is 1.91 bits per heavy atom. The Morgan fingerprint density at radius 1 is 0.818 bits per heavy atom. The summed E-state index contributed by atoms with van der Waals surface area (Å²) in [5, 5.41) is 2.65. The van der Waals surface area contributed by atoms with Crippen LogP contribution in [0.25, 0.3) is 20.2 Å². The highest BCUT2D eigenvalue weighted by molar-refractivity contribution is 7.25. The van der Waals surface area contributed by atoms with E-state index in [1.807, 2.05) is 36.1 Å². The van der Waals surface area contributed by atoms with Crippen molar-refractivity contribution in [2.45, 2.75) is 0 Å². The predicted molar refractivity (Wildman–Crippen MR) is 48.0 cm³/mol. The molecule has 3 rings (SSSR count). The fraction of sp³-hybridized carbons (Fsp3) is 0. The maximum Gasteiger partial charge on any atom is 0.0531 e. The van der Waals surface area contributed by atoms with Gasteiger partial charge in [-0.3, -0.25) is 0 Å². The first-order chi connectivity index (χ1) is 5.45. The van der Waals surface area contributed by atoms with Crippen LogP contribution >= 0.6 is 11.3 Å². The Balaban J connectivity index is 2.75. The lowest BCUT2D eigenvalue weighted by atomic mass is 10.3. The number of aromatic amines is 2. The van der Waals surface area contributed by atoms with Crippen molar-refractivity contribution in [2.75, 3.05) is 0 Å². The number of aromatic nitrogens is 2. The van der Waals surface area contributed by atoms with Crippen LogP contribution in [-0.2, 0) is 0 Å². The highest BCUT2D eigenvalue weighted by Crippen LogP contribution is 2.32. The minimum absolute atomic E-state index is 1.33. The molecular weight excluding hydrogens is 156 g/mol. The van der Waals surface area contributed by atoms with Crippen LogP contribution < -0.4 is 0 Å². The van der Waals surface area contributed by atoms with Crippen molar-refractivity contribution in [1.29, 1.82) is 0 Å². The maximum atomic E-state index is 3.10. The molecule has 0 fully saturated rings. The van der Waals surface area contributed by atoms with E-state index in [1.54, 1.807) is 0 Å². The molecule has 0 spiro atoms. The molecule has 0 amide bonds. The molecule has 3 aromatic rings. The van der Waals surface area contributed by atoms with Gasteiger partial charge in [0.15, 0.2) is 0 Å². The molecule has 0 aliphatic carbocycles. The molecule has 0 radical (unpaired) electrons. The van der Waals surface area contributed by atoms with Crippen LogP contribution in [0.15, 0.2) is 24.8 Å². The molecular formula is C8H6N2S. The summed E-state index contributed by atoms with van der Waals surface area (Å²) in [4.78, 5) is 6.19. The van der Waals surface area contributed by atoms with Crippen molar-refractivity contribution in [3.8, 4) is 0 Å². The van der Waals surface area contributed by atoms with Crippen molar-refractivity contribution in [2.24, 2.45) is 0 Å². The van der Waals surface area contributed by atoms with Crippen LogP contribution in [0.3, 0.4) is 0 Å². The number of fused-ring (bicyclic) bond motifs is 3. The molecule has 3 aromatic heterocycles. The zero-order valence-corrected chi connectivity index (χ0v) is 6.53. The predicted octanol–water partition coefficient (Wildman–Crippen LogP) is 2.71. The summed E-state index contributed by atoms with van der Waals surface area (Å²) in [5.41, 5.74) is 0. The molecule has 0 unspecified atom stereocenters. The molecule has 0 atom stereocenters. The van der Waals surface area contributed by atoms with E-state index in [-0.39, 0.29) is 0 Å². The van der Waals surface area contributed by atoms with E-state index < -0.39 is 0 Å². The number of hydrogen-bond donors (Lipinski definition) is 2. The average molecular weight is 162 g/mol. The molecule has 0 saturated heterocycles. The standard InChI is InChI=1S/C8H6N2S/c1-5-6-2-10-4-8(6)11-7(5)3-9-1/h1-4,9-10H. The van der Waals surface area contributed by atoms with Crippen molar-refractivity contribution in [3.63, 3.8) is 0 Å². The van der Waals surface area contributed by atoms with E-state index in [2.05, 4.69) is 9.97 Å². The van der Waals surface area contributed by atoms with E-state index in [9.17, 15) is 0 Å². The Hall–Kier alpha value is -1.22. The van der Waals surface area contributed by atoms with Gasteiger partial charge < -0.3 is 9.97 Å². The number of H-pyrrole nitrogens is 2. The Morgan fingerprint density at radius 2 is 1.36 bits per heavy atom. The lowest BCUT2D eigenvalue weighted by molar-refractivity contribution is 1.43. The first-order valence-corrected chi connectivity index (χ1v) is 4.28. The lowest BCUT2D eigenvalue weighted by Crippen LogP contribution is -1.50. The monoisotopic (exact) mass is 162 g/mol. The molecule has 0 bridgehead atoms. The molecule has 54 valence electrons. The van der Waals surface area contributed by atoms with Gasteiger partial charge in [0.05, 0.1) is 9.40 Å². The summed E-state index contributed by atoms with van der Waals surface area (Å²) in [7, 11) is 0. The molecule has 3 heterocycles. The van der Waals surface area contributed by atoms with Gasteiger partial charge >= 0.3 is 0 Å². The number of thiophene rings is 1. The third-order valence-corrected chi connectivity index (χ3v) is 3.04. The Labute approximate surface area is 66.9 Å². The minimum atomic E-state index is 1.33. The van der Waals surface area contributed by atoms with Crippen LogP contribution in [0, 0.1) is 0 Å². The molecule has 0 aromatic carbocycles. The fourth-order valence-corrected chi connectivity index (χ4v) is 2.46. The normalized spacial score (nSPS) is 11.6. The second-order valence-corrected chi connectivity index (χ2v) is 3.65. The number of hydrogen-bond acceptors (Lipinski definition) is 1. The van der Waals surface area contributed by atoms with Gasteiger partial charge in [-0.15, -0.1) is 11.3 Å². The van der Waals surface area contributed by atoms with Gasteiger partial charge in [0, 0.05) is 35.6 Å². The average Bonchev–Trinajstić information content (AvgIpc) is 2.52. The molecule has 0 aliphatic heterocycles. The van der Waals surface area contributed by atoms with Crippen LogP contribution in [-0.4, -0.2) is 9.97 Å². The maximum absolute atomic E-state index is 3.10. The highest BCUT2D eigenvalue weighted by Gasteiger charge is 2.04. The summed E-state index contributed by atoms with van der Waals surface area (Å²) < 4.78 is 2.67. The number of rotatable bonds is 0. The van der Waals surface area contributed by atoms with Gasteiger partial charge in [0.2, 0.25) is 0 Å². The first-order valence-electron chi connectivity index (χ1n) is 3.47. The molecule has 2 nitrogen and oxygen atoms in total. The second-order valence-electron chi connectivity index (χ2n) is 2.57. The number of nitrogens with one attached hydrogen (secondary N) is 2. The van der Waals surface area contributed by atoms with Crippen molar-refractivity contribution < 1.29 is 0 Å². The quantitative estimate of drug-likeness (QED) is 0.509. The van der Waals surface area contributed by atoms with E-state index in [0.717, 1.165) is 0 Å². The zero-order valence-electron chi connectivity index (χ0n) is 5.72. The second kappa shape index (κ2) is 1.68. The van der Waals surface area contributed by atoms with Crippen molar-refractivity contribution in [1.82, 2.24) is 9.97 Å². The zero-order chi connectivity index (χ0) is 7.26. The first kappa shape index (κ1) is 5.43. The van der Waals surface area contributed by atoms with E-state index in [0.29, 0.717) is 0 Å². The van der Waals surface area contributed by atoms with Gasteiger partial charge in [-0.2, -0.15) is 0 Å². The topological polar surface area (TPSA) is 31.6 Å². The lowest BCUT2D eigenvalue weighted by Gasteiger charge is -1.72. The van der Waals surface area contributed by atoms with Crippen LogP contribution in [0.2, 0.25) is 0 Å². The minimum Gasteiger partial charge on any atom is -0.366 e. The van der Waals surface area contributed by atoms with Crippen LogP contribution in [0.5, 0.6) is 0 Å². The van der Waals surface area contributed by atoms with Gasteiger partial charge in [-0.25, -0.2) is 0 Å². The Kier molecular flexibility index (Phi) is 0.830. The summed E-state index contributed by atoms with van der Waals surface area (Å²) in [6.07, 6.45) is 8.17. The summed E-state index contributed by atoms with van der Waals surface area (Å²) in [5.74, 6) is 0. The third-order valence-electron chi connectivity index (χ3n) is 1.93. The van der Waals surface area contributed by atoms with E-state index in [1.165, 1.54) is 20.2 Å². The molecule has 11 heavy (non-hydrogen) atoms. The van der Waals surface area contributed by atoms with Crippen molar-refractivity contribution in [3.05, 3.63) is 24.8 Å². The smallest absolute Gasteiger partial charge is 0.0531 e. The molecule has 3 heteroatoms. The highest BCUT2D eigenvalue weighted by atomic mass is 32.1. The van der Waals surface area contributed by atoms with Crippen LogP contribution in [0.4, 0.5) is 0 Å². The Bertz CT molecular complexity index is 455. The largest absolute Gasteiger partial charge is 0.366 e. The molecule has 0 aliphatic rings. The van der Waals surface area contributed by atoms with Gasteiger partial charge in [0.25, 0.3) is 0 Å². The molecule has 2 N–H and O–H groups in total. The van der Waals surface area contributed by atoms with Gasteiger partial charge in [-0.05, 0) is 0 Å². The fourth-order valence-electron chi connectivity index (χ4n) is 1.41. The van der Waals surface area contributed by atoms with E-state index in [4.69, 9.17) is 0 Å². The SMILES string of the molecule is c1[nH]cc2c1sc1c[nH]cc12. The summed E-state index contributed by atoms with van der Waals surface area (Å²) in [6.45, 7) is 0. The van der Waals surface area contributed by atoms with E-state index >= 15 is 0 Å². The van der Waals surface area contributed by atoms with Crippen molar-refractivity contribution >= 4 is 31.5 Å². The van der Waals surface area contributed by atoms with Gasteiger partial charge in [0.1, 0.15) is 0 Å². The molecule has 0 saturated carbocycles. The van der Waals surface area contributed by atoms with Gasteiger partial charge in [-0.1, -0.05) is 0 Å². The summed E-state index contributed by atoms with van der Waals surface area (Å²) in [6, 6.07) is 0.